The molecular weight excluding hydrogens is 324 g/mol. The lowest BCUT2D eigenvalue weighted by Crippen LogP contribution is -1.97. The topological polar surface area (TPSA) is 101 Å². The van der Waals surface area contributed by atoms with Crippen molar-refractivity contribution in [2.45, 2.75) is 0 Å². The molecule has 0 saturated heterocycles. The molecule has 0 aliphatic carbocycles. The summed E-state index contributed by atoms with van der Waals surface area (Å²) >= 11 is 1.36. The molecule has 0 aliphatic rings. The molecule has 0 bridgehead atoms. The third-order valence-corrected chi connectivity index (χ3v) is 4.03. The standard InChI is InChI=1S/C17H14N4O2S/c18-15-10-24-17(20-15)21-19-9-13-4-1-2-7-14(13)11-5-3-6-12(8-11)16(22)23/h1-10H,18H2,(H,20,21)(H,22,23). The van der Waals surface area contributed by atoms with Crippen molar-refractivity contribution in [3.05, 3.63) is 65.0 Å². The van der Waals surface area contributed by atoms with Crippen LogP contribution in [0.3, 0.4) is 0 Å². The minimum Gasteiger partial charge on any atom is -0.478 e. The number of benzene rings is 2. The van der Waals surface area contributed by atoms with E-state index < -0.39 is 5.97 Å². The monoisotopic (exact) mass is 338 g/mol. The van der Waals surface area contributed by atoms with Crippen LogP contribution in [0.25, 0.3) is 11.1 Å². The molecule has 3 rings (SSSR count). The largest absolute Gasteiger partial charge is 0.478 e. The zero-order valence-electron chi connectivity index (χ0n) is 12.5. The van der Waals surface area contributed by atoms with Crippen molar-refractivity contribution in [3.63, 3.8) is 0 Å². The molecule has 6 nitrogen and oxygen atoms in total. The lowest BCUT2D eigenvalue weighted by molar-refractivity contribution is 0.0697. The second kappa shape index (κ2) is 6.93. The van der Waals surface area contributed by atoms with E-state index in [0.29, 0.717) is 10.9 Å². The lowest BCUT2D eigenvalue weighted by Gasteiger charge is -2.07. The molecule has 3 aromatic rings. The molecule has 0 atom stereocenters. The molecule has 0 unspecified atom stereocenters. The number of hydrogen-bond acceptors (Lipinski definition) is 6. The van der Waals surface area contributed by atoms with Crippen LogP contribution in [-0.2, 0) is 0 Å². The fourth-order valence-electron chi connectivity index (χ4n) is 2.19. The fourth-order valence-corrected chi connectivity index (χ4v) is 2.74. The average molecular weight is 338 g/mol. The number of rotatable bonds is 5. The Balaban J connectivity index is 1.87. The van der Waals surface area contributed by atoms with Crippen molar-refractivity contribution in [1.29, 1.82) is 0 Å². The van der Waals surface area contributed by atoms with Gasteiger partial charge in [-0.1, -0.05) is 36.4 Å². The van der Waals surface area contributed by atoms with E-state index in [1.54, 1.807) is 29.8 Å². The van der Waals surface area contributed by atoms with Crippen molar-refractivity contribution in [2.24, 2.45) is 5.10 Å². The van der Waals surface area contributed by atoms with Gasteiger partial charge in [-0.05, 0) is 23.3 Å². The average Bonchev–Trinajstić information content (AvgIpc) is 3.01. The second-order valence-electron chi connectivity index (χ2n) is 4.92. The Hall–Kier alpha value is -3.19. The van der Waals surface area contributed by atoms with E-state index >= 15 is 0 Å². The fraction of sp³-hybridized carbons (Fsp3) is 0. The van der Waals surface area contributed by atoms with Crippen LogP contribution in [0.2, 0.25) is 0 Å². The number of nitrogen functional groups attached to an aromatic ring is 1. The van der Waals surface area contributed by atoms with E-state index in [-0.39, 0.29) is 5.56 Å². The van der Waals surface area contributed by atoms with E-state index in [9.17, 15) is 4.79 Å². The Morgan fingerprint density at radius 2 is 2.08 bits per heavy atom. The first kappa shape index (κ1) is 15.7. The van der Waals surface area contributed by atoms with Gasteiger partial charge in [-0.2, -0.15) is 5.10 Å². The highest BCUT2D eigenvalue weighted by atomic mass is 32.1. The highest BCUT2D eigenvalue weighted by molar-refractivity contribution is 7.14. The number of carboxylic acid groups (broad SMARTS) is 1. The van der Waals surface area contributed by atoms with Gasteiger partial charge in [-0.25, -0.2) is 9.78 Å². The second-order valence-corrected chi connectivity index (χ2v) is 5.78. The van der Waals surface area contributed by atoms with E-state index in [2.05, 4.69) is 15.5 Å². The number of hydrogen-bond donors (Lipinski definition) is 3. The maximum Gasteiger partial charge on any atom is 0.335 e. The van der Waals surface area contributed by atoms with Gasteiger partial charge in [0.05, 0.1) is 11.8 Å². The molecule has 0 radical (unpaired) electrons. The summed E-state index contributed by atoms with van der Waals surface area (Å²) in [4.78, 5) is 15.2. The van der Waals surface area contributed by atoms with Gasteiger partial charge in [0.15, 0.2) is 0 Å². The van der Waals surface area contributed by atoms with Crippen molar-refractivity contribution >= 4 is 34.5 Å². The quantitative estimate of drug-likeness (QED) is 0.488. The summed E-state index contributed by atoms with van der Waals surface area (Å²) in [6.45, 7) is 0. The van der Waals surface area contributed by atoms with Gasteiger partial charge in [0, 0.05) is 10.9 Å². The van der Waals surface area contributed by atoms with Crippen LogP contribution in [0.5, 0.6) is 0 Å². The molecule has 0 fully saturated rings. The summed E-state index contributed by atoms with van der Waals surface area (Å²) in [7, 11) is 0. The Labute approximate surface area is 142 Å². The van der Waals surface area contributed by atoms with Gasteiger partial charge >= 0.3 is 5.97 Å². The number of nitrogens with two attached hydrogens (primary N) is 1. The Kier molecular flexibility index (Phi) is 4.53. The van der Waals surface area contributed by atoms with Crippen LogP contribution in [0, 0.1) is 0 Å². The van der Waals surface area contributed by atoms with Crippen molar-refractivity contribution in [3.8, 4) is 11.1 Å². The van der Waals surface area contributed by atoms with Crippen LogP contribution in [-0.4, -0.2) is 22.3 Å². The third-order valence-electron chi connectivity index (χ3n) is 3.27. The summed E-state index contributed by atoms with van der Waals surface area (Å²) < 4.78 is 0. The molecule has 0 spiro atoms. The molecule has 24 heavy (non-hydrogen) atoms. The summed E-state index contributed by atoms with van der Waals surface area (Å²) in [6.07, 6.45) is 1.67. The number of anilines is 2. The Morgan fingerprint density at radius 3 is 2.83 bits per heavy atom. The third kappa shape index (κ3) is 3.58. The van der Waals surface area contributed by atoms with Crippen LogP contribution >= 0.6 is 11.3 Å². The Morgan fingerprint density at radius 1 is 1.25 bits per heavy atom. The minimum atomic E-state index is -0.953. The highest BCUT2D eigenvalue weighted by Gasteiger charge is 2.07. The first-order chi connectivity index (χ1) is 11.6. The highest BCUT2D eigenvalue weighted by Crippen LogP contribution is 2.24. The molecule has 7 heteroatoms. The van der Waals surface area contributed by atoms with Gasteiger partial charge in [0.1, 0.15) is 5.82 Å². The summed E-state index contributed by atoms with van der Waals surface area (Å²) in [6, 6.07) is 14.4. The van der Waals surface area contributed by atoms with E-state index in [4.69, 9.17) is 10.8 Å². The summed E-state index contributed by atoms with van der Waals surface area (Å²) in [5, 5.41) is 15.6. The molecule has 0 aliphatic heterocycles. The number of carbonyl (C=O) groups is 1. The maximum absolute atomic E-state index is 11.1. The summed E-state index contributed by atoms with van der Waals surface area (Å²) in [5.41, 5.74) is 11.2. The minimum absolute atomic E-state index is 0.246. The van der Waals surface area contributed by atoms with Gasteiger partial charge in [-0.15, -0.1) is 11.3 Å². The van der Waals surface area contributed by atoms with E-state index in [0.717, 1.165) is 16.7 Å². The first-order valence-corrected chi connectivity index (χ1v) is 7.94. The zero-order valence-corrected chi connectivity index (χ0v) is 13.3. The zero-order chi connectivity index (χ0) is 16.9. The number of aromatic carboxylic acids is 1. The smallest absolute Gasteiger partial charge is 0.335 e. The lowest BCUT2D eigenvalue weighted by atomic mass is 9.99. The predicted molar refractivity (Wildman–Crippen MR) is 96.6 cm³/mol. The maximum atomic E-state index is 11.1. The molecule has 0 amide bonds. The normalized spacial score (nSPS) is 10.8. The number of carboxylic acids is 1. The van der Waals surface area contributed by atoms with Crippen LogP contribution in [0.1, 0.15) is 15.9 Å². The number of nitrogens with one attached hydrogen (secondary N) is 1. The van der Waals surface area contributed by atoms with Gasteiger partial charge in [0.25, 0.3) is 0 Å². The predicted octanol–water partition coefficient (Wildman–Crippen LogP) is 3.54. The summed E-state index contributed by atoms with van der Waals surface area (Å²) in [5.74, 6) is -0.505. The van der Waals surface area contributed by atoms with Gasteiger partial charge in [-0.3, -0.25) is 5.43 Å². The van der Waals surface area contributed by atoms with Crippen LogP contribution in [0.15, 0.2) is 59.0 Å². The van der Waals surface area contributed by atoms with Crippen molar-refractivity contribution in [2.75, 3.05) is 11.2 Å². The molecule has 120 valence electrons. The van der Waals surface area contributed by atoms with Crippen molar-refractivity contribution < 1.29 is 9.90 Å². The number of aromatic nitrogens is 1. The first-order valence-electron chi connectivity index (χ1n) is 7.06. The van der Waals surface area contributed by atoms with E-state index in [1.165, 1.54) is 11.3 Å². The van der Waals surface area contributed by atoms with Crippen molar-refractivity contribution in [1.82, 2.24) is 4.98 Å². The van der Waals surface area contributed by atoms with Gasteiger partial charge in [0.2, 0.25) is 5.13 Å². The molecule has 4 N–H and O–H groups in total. The number of nitrogens with zero attached hydrogens (tertiary/aromatic N) is 2. The number of thiazole rings is 1. The molecule has 0 saturated carbocycles. The number of hydrazone groups is 1. The SMILES string of the molecule is Nc1csc(NN=Cc2ccccc2-c2cccc(C(=O)O)c2)n1. The van der Waals surface area contributed by atoms with E-state index in [1.807, 2.05) is 30.3 Å². The van der Waals surface area contributed by atoms with Gasteiger partial charge < -0.3 is 10.8 Å². The van der Waals surface area contributed by atoms with Crippen LogP contribution < -0.4 is 11.2 Å². The molecule has 2 aromatic carbocycles. The molecule has 1 heterocycles. The molecular formula is C17H14N4O2S. The molecule has 1 aromatic heterocycles. The van der Waals surface area contributed by atoms with Crippen LogP contribution in [0.4, 0.5) is 10.9 Å². The Bertz CT molecular complexity index is 905.